The molecule has 0 unspecified atom stereocenters. The van der Waals surface area contributed by atoms with E-state index in [-0.39, 0.29) is 12.5 Å². The second-order valence-electron chi connectivity index (χ2n) is 5.34. The van der Waals surface area contributed by atoms with Crippen LogP contribution in [0.25, 0.3) is 0 Å². The number of nitrogens with zero attached hydrogens (tertiary/aromatic N) is 1. The van der Waals surface area contributed by atoms with E-state index in [1.807, 2.05) is 42.5 Å². The van der Waals surface area contributed by atoms with E-state index in [1.54, 1.807) is 24.5 Å². The van der Waals surface area contributed by atoms with E-state index in [0.717, 1.165) is 17.7 Å². The summed E-state index contributed by atoms with van der Waals surface area (Å²) >= 11 is 0. The molecule has 0 saturated heterocycles. The van der Waals surface area contributed by atoms with Crippen LogP contribution >= 0.6 is 0 Å². The molecule has 0 aliphatic rings. The summed E-state index contributed by atoms with van der Waals surface area (Å²) in [6, 6.07) is 21.4. The van der Waals surface area contributed by atoms with Gasteiger partial charge < -0.3 is 10.1 Å². The topological polar surface area (TPSA) is 51.2 Å². The maximum atomic E-state index is 12.0. The molecule has 0 aliphatic carbocycles. The lowest BCUT2D eigenvalue weighted by molar-refractivity contribution is -0.118. The number of pyridine rings is 1. The number of hydrogen-bond acceptors (Lipinski definition) is 3. The maximum Gasteiger partial charge on any atom is 0.262 e. The van der Waals surface area contributed by atoms with E-state index < -0.39 is 0 Å². The Balaban J connectivity index is 1.62. The van der Waals surface area contributed by atoms with Gasteiger partial charge in [-0.3, -0.25) is 9.78 Å². The van der Waals surface area contributed by atoms with Crippen molar-refractivity contribution in [1.82, 2.24) is 4.98 Å². The van der Waals surface area contributed by atoms with E-state index in [2.05, 4.69) is 22.4 Å². The highest BCUT2D eigenvalue weighted by atomic mass is 16.5. The van der Waals surface area contributed by atoms with Crippen molar-refractivity contribution in [2.75, 3.05) is 11.9 Å². The van der Waals surface area contributed by atoms with Gasteiger partial charge in [0, 0.05) is 24.5 Å². The predicted octanol–water partition coefficient (Wildman–Crippen LogP) is 3.69. The number of rotatable bonds is 6. The monoisotopic (exact) mass is 318 g/mol. The third-order valence-corrected chi connectivity index (χ3v) is 3.53. The van der Waals surface area contributed by atoms with Crippen LogP contribution in [0.4, 0.5) is 5.69 Å². The van der Waals surface area contributed by atoms with Crippen molar-refractivity contribution in [3.8, 4) is 5.75 Å². The van der Waals surface area contributed by atoms with Gasteiger partial charge in [-0.15, -0.1) is 0 Å². The molecule has 0 bridgehead atoms. The SMILES string of the molecule is O=C(COc1ccccc1Cc1ccccc1)Nc1ccncc1. The average molecular weight is 318 g/mol. The van der Waals surface area contributed by atoms with Crippen molar-refractivity contribution in [3.05, 3.63) is 90.3 Å². The van der Waals surface area contributed by atoms with Gasteiger partial charge in [0.15, 0.2) is 6.61 Å². The van der Waals surface area contributed by atoms with Gasteiger partial charge in [0.25, 0.3) is 5.91 Å². The molecule has 4 nitrogen and oxygen atoms in total. The minimum absolute atomic E-state index is 0.0336. The normalized spacial score (nSPS) is 10.2. The van der Waals surface area contributed by atoms with E-state index in [9.17, 15) is 4.79 Å². The van der Waals surface area contributed by atoms with Crippen molar-refractivity contribution in [2.45, 2.75) is 6.42 Å². The Kier molecular flexibility index (Phi) is 5.20. The number of hydrogen-bond donors (Lipinski definition) is 1. The lowest BCUT2D eigenvalue weighted by atomic mass is 10.0. The molecule has 1 amide bonds. The maximum absolute atomic E-state index is 12.0. The average Bonchev–Trinajstić information content (AvgIpc) is 2.63. The molecule has 120 valence electrons. The number of carbonyl (C=O) groups is 1. The summed E-state index contributed by atoms with van der Waals surface area (Å²) in [5, 5.41) is 2.78. The Morgan fingerprint density at radius 3 is 2.42 bits per heavy atom. The van der Waals surface area contributed by atoms with Gasteiger partial charge in [-0.2, -0.15) is 0 Å². The molecule has 0 aliphatic heterocycles. The molecule has 0 fully saturated rings. The molecular weight excluding hydrogens is 300 g/mol. The molecule has 0 radical (unpaired) electrons. The number of para-hydroxylation sites is 1. The number of carbonyl (C=O) groups excluding carboxylic acids is 1. The summed E-state index contributed by atoms with van der Waals surface area (Å²) in [6.07, 6.45) is 4.03. The fraction of sp³-hybridized carbons (Fsp3) is 0.100. The zero-order chi connectivity index (χ0) is 16.6. The Morgan fingerprint density at radius 1 is 0.917 bits per heavy atom. The molecule has 3 aromatic rings. The standard InChI is InChI=1S/C20H18N2O2/c23-20(22-18-10-12-21-13-11-18)15-24-19-9-5-4-8-17(19)14-16-6-2-1-3-7-16/h1-13H,14-15H2,(H,21,22,23). The Morgan fingerprint density at radius 2 is 1.62 bits per heavy atom. The Hall–Kier alpha value is -3.14. The van der Waals surface area contributed by atoms with Gasteiger partial charge in [0.05, 0.1) is 0 Å². The van der Waals surface area contributed by atoms with Crippen molar-refractivity contribution >= 4 is 11.6 Å². The van der Waals surface area contributed by atoms with E-state index >= 15 is 0 Å². The van der Waals surface area contributed by atoms with Crippen LogP contribution in [-0.2, 0) is 11.2 Å². The van der Waals surface area contributed by atoms with Crippen LogP contribution in [0.3, 0.4) is 0 Å². The molecule has 0 spiro atoms. The van der Waals surface area contributed by atoms with Crippen LogP contribution in [0.15, 0.2) is 79.1 Å². The van der Waals surface area contributed by atoms with Crippen LogP contribution in [0.5, 0.6) is 5.75 Å². The third kappa shape index (κ3) is 4.43. The van der Waals surface area contributed by atoms with Crippen molar-refractivity contribution in [1.29, 1.82) is 0 Å². The van der Waals surface area contributed by atoms with Gasteiger partial charge in [0.1, 0.15) is 5.75 Å². The van der Waals surface area contributed by atoms with Gasteiger partial charge in [-0.25, -0.2) is 0 Å². The minimum Gasteiger partial charge on any atom is -0.483 e. The van der Waals surface area contributed by atoms with Gasteiger partial charge in [-0.05, 0) is 29.3 Å². The second-order valence-corrected chi connectivity index (χ2v) is 5.34. The number of ether oxygens (including phenoxy) is 1. The summed E-state index contributed by atoms with van der Waals surface area (Å²) in [6.45, 7) is -0.0336. The van der Waals surface area contributed by atoms with Crippen molar-refractivity contribution in [3.63, 3.8) is 0 Å². The summed E-state index contributed by atoms with van der Waals surface area (Å²) in [5.41, 5.74) is 2.96. The quantitative estimate of drug-likeness (QED) is 0.754. The Labute approximate surface area is 141 Å². The van der Waals surface area contributed by atoms with Gasteiger partial charge >= 0.3 is 0 Å². The fourth-order valence-corrected chi connectivity index (χ4v) is 2.38. The highest BCUT2D eigenvalue weighted by molar-refractivity contribution is 5.91. The summed E-state index contributed by atoms with van der Waals surface area (Å²) in [5.74, 6) is 0.530. The number of anilines is 1. The first-order valence-corrected chi connectivity index (χ1v) is 7.76. The number of benzene rings is 2. The summed E-state index contributed by atoms with van der Waals surface area (Å²) < 4.78 is 5.72. The lowest BCUT2D eigenvalue weighted by Gasteiger charge is -2.11. The van der Waals surface area contributed by atoms with Crippen LogP contribution in [0, 0.1) is 0 Å². The Bertz CT molecular complexity index is 789. The lowest BCUT2D eigenvalue weighted by Crippen LogP contribution is -2.20. The first-order valence-electron chi connectivity index (χ1n) is 7.76. The van der Waals surface area contributed by atoms with Crippen molar-refractivity contribution < 1.29 is 9.53 Å². The molecule has 4 heteroatoms. The van der Waals surface area contributed by atoms with E-state index in [4.69, 9.17) is 4.74 Å². The summed E-state index contributed by atoms with van der Waals surface area (Å²) in [4.78, 5) is 15.9. The van der Waals surface area contributed by atoms with Crippen LogP contribution in [0.2, 0.25) is 0 Å². The zero-order valence-electron chi connectivity index (χ0n) is 13.2. The molecule has 2 aromatic carbocycles. The third-order valence-electron chi connectivity index (χ3n) is 3.53. The predicted molar refractivity (Wildman–Crippen MR) is 94.1 cm³/mol. The molecule has 0 saturated carbocycles. The first-order chi connectivity index (χ1) is 11.8. The number of amides is 1. The molecule has 1 N–H and O–H groups in total. The van der Waals surface area contributed by atoms with Crippen LogP contribution in [0.1, 0.15) is 11.1 Å². The molecule has 1 heterocycles. The number of nitrogens with one attached hydrogen (secondary N) is 1. The first kappa shape index (κ1) is 15.7. The van der Waals surface area contributed by atoms with Crippen LogP contribution in [-0.4, -0.2) is 17.5 Å². The summed E-state index contributed by atoms with van der Waals surface area (Å²) in [7, 11) is 0. The highest BCUT2D eigenvalue weighted by Crippen LogP contribution is 2.21. The van der Waals surface area contributed by atoms with E-state index in [0.29, 0.717) is 5.69 Å². The molecule has 3 rings (SSSR count). The second kappa shape index (κ2) is 7.92. The zero-order valence-corrected chi connectivity index (χ0v) is 13.2. The fourth-order valence-electron chi connectivity index (χ4n) is 2.38. The largest absolute Gasteiger partial charge is 0.483 e. The molecular formula is C20H18N2O2. The van der Waals surface area contributed by atoms with Gasteiger partial charge in [-0.1, -0.05) is 48.5 Å². The highest BCUT2D eigenvalue weighted by Gasteiger charge is 2.07. The number of aromatic nitrogens is 1. The minimum atomic E-state index is -0.198. The molecule has 1 aromatic heterocycles. The smallest absolute Gasteiger partial charge is 0.262 e. The van der Waals surface area contributed by atoms with Gasteiger partial charge in [0.2, 0.25) is 0 Å². The molecule has 0 atom stereocenters. The van der Waals surface area contributed by atoms with Crippen molar-refractivity contribution in [2.24, 2.45) is 0 Å². The van der Waals surface area contributed by atoms with Crippen LogP contribution < -0.4 is 10.1 Å². The van der Waals surface area contributed by atoms with E-state index in [1.165, 1.54) is 5.56 Å². The molecule has 24 heavy (non-hydrogen) atoms.